The highest BCUT2D eigenvalue weighted by Gasteiger charge is 2.08. The van der Waals surface area contributed by atoms with Crippen LogP contribution in [0.2, 0.25) is 0 Å². The van der Waals surface area contributed by atoms with E-state index in [1.54, 1.807) is 0 Å². The maximum Gasteiger partial charge on any atom is 0.204 e. The Morgan fingerprint density at radius 2 is 2.05 bits per heavy atom. The average Bonchev–Trinajstić information content (AvgIpc) is 2.86. The van der Waals surface area contributed by atoms with Crippen LogP contribution in [0, 0.1) is 0 Å². The van der Waals surface area contributed by atoms with Crippen molar-refractivity contribution in [3.8, 4) is 0 Å². The number of hydrogen-bond donors (Lipinski definition) is 1. The molecule has 21 heavy (non-hydrogen) atoms. The second-order valence-corrected chi connectivity index (χ2v) is 5.26. The molecule has 0 saturated carbocycles. The second-order valence-electron chi connectivity index (χ2n) is 5.26. The SMILES string of the molecule is CN(C)c1ncc(CNc2cccc3cnccc23)n1C. The lowest BCUT2D eigenvalue weighted by molar-refractivity contribution is 0.814. The molecule has 0 unspecified atom stereocenters. The fourth-order valence-corrected chi connectivity index (χ4v) is 2.48. The number of benzene rings is 1. The summed E-state index contributed by atoms with van der Waals surface area (Å²) in [6.45, 7) is 0.735. The largest absolute Gasteiger partial charge is 0.379 e. The summed E-state index contributed by atoms with van der Waals surface area (Å²) in [4.78, 5) is 10.6. The first kappa shape index (κ1) is 13.4. The van der Waals surface area contributed by atoms with E-state index < -0.39 is 0 Å². The summed E-state index contributed by atoms with van der Waals surface area (Å²) in [5, 5.41) is 5.81. The van der Waals surface area contributed by atoms with Crippen LogP contribution in [0.4, 0.5) is 11.6 Å². The van der Waals surface area contributed by atoms with Gasteiger partial charge >= 0.3 is 0 Å². The van der Waals surface area contributed by atoms with E-state index in [0.29, 0.717) is 0 Å². The van der Waals surface area contributed by atoms with Crippen LogP contribution >= 0.6 is 0 Å². The van der Waals surface area contributed by atoms with Crippen molar-refractivity contribution in [3.63, 3.8) is 0 Å². The molecular formula is C16H19N5. The molecule has 3 aromatic rings. The molecule has 1 aromatic carbocycles. The minimum absolute atomic E-state index is 0.735. The molecule has 2 aromatic heterocycles. The predicted molar refractivity (Wildman–Crippen MR) is 86.6 cm³/mol. The van der Waals surface area contributed by atoms with Crippen LogP contribution in [-0.2, 0) is 13.6 Å². The van der Waals surface area contributed by atoms with E-state index in [4.69, 9.17) is 0 Å². The molecule has 5 heteroatoms. The zero-order chi connectivity index (χ0) is 14.8. The number of fused-ring (bicyclic) bond motifs is 1. The molecule has 0 aliphatic carbocycles. The van der Waals surface area contributed by atoms with E-state index in [9.17, 15) is 0 Å². The molecule has 0 aliphatic rings. The Bertz CT molecular complexity index is 755. The molecule has 0 saturated heterocycles. The Morgan fingerprint density at radius 3 is 2.81 bits per heavy atom. The van der Waals surface area contributed by atoms with Crippen molar-refractivity contribution in [2.75, 3.05) is 24.3 Å². The topological polar surface area (TPSA) is 46.0 Å². The van der Waals surface area contributed by atoms with Crippen LogP contribution in [0.15, 0.2) is 42.9 Å². The van der Waals surface area contributed by atoms with Crippen LogP contribution in [0.1, 0.15) is 5.69 Å². The highest BCUT2D eigenvalue weighted by molar-refractivity contribution is 5.93. The van der Waals surface area contributed by atoms with Gasteiger partial charge in [-0.25, -0.2) is 4.98 Å². The fourth-order valence-electron chi connectivity index (χ4n) is 2.48. The molecule has 2 heterocycles. The van der Waals surface area contributed by atoms with Crippen molar-refractivity contribution < 1.29 is 0 Å². The van der Waals surface area contributed by atoms with Crippen molar-refractivity contribution in [2.24, 2.45) is 7.05 Å². The summed E-state index contributed by atoms with van der Waals surface area (Å²) >= 11 is 0. The van der Waals surface area contributed by atoms with Gasteiger partial charge in [-0.1, -0.05) is 12.1 Å². The number of anilines is 2. The van der Waals surface area contributed by atoms with E-state index in [1.165, 1.54) is 5.39 Å². The van der Waals surface area contributed by atoms with Crippen molar-refractivity contribution in [3.05, 3.63) is 48.5 Å². The van der Waals surface area contributed by atoms with Gasteiger partial charge in [-0.2, -0.15) is 0 Å². The summed E-state index contributed by atoms with van der Waals surface area (Å²) in [7, 11) is 6.03. The molecule has 108 valence electrons. The molecule has 1 N–H and O–H groups in total. The lowest BCUT2D eigenvalue weighted by Gasteiger charge is -2.14. The van der Waals surface area contributed by atoms with Gasteiger partial charge in [0, 0.05) is 50.0 Å². The maximum atomic E-state index is 4.43. The fraction of sp³-hybridized carbons (Fsp3) is 0.250. The van der Waals surface area contributed by atoms with Gasteiger partial charge in [0.25, 0.3) is 0 Å². The van der Waals surface area contributed by atoms with Gasteiger partial charge in [0.1, 0.15) is 0 Å². The molecule has 0 atom stereocenters. The number of nitrogens with zero attached hydrogens (tertiary/aromatic N) is 4. The third-order valence-electron chi connectivity index (χ3n) is 3.60. The number of imidazole rings is 1. The van der Waals surface area contributed by atoms with E-state index in [0.717, 1.165) is 29.3 Å². The highest BCUT2D eigenvalue weighted by Crippen LogP contribution is 2.23. The minimum atomic E-state index is 0.735. The van der Waals surface area contributed by atoms with Gasteiger partial charge in [-0.15, -0.1) is 0 Å². The standard InChI is InChI=1S/C16H19N5/c1-20(2)16-19-11-13(21(16)3)10-18-15-6-4-5-12-9-17-8-7-14(12)15/h4-9,11,18H,10H2,1-3H3. The lowest BCUT2D eigenvalue weighted by Crippen LogP contribution is -2.15. The van der Waals surface area contributed by atoms with Gasteiger partial charge in [0.2, 0.25) is 5.95 Å². The summed E-state index contributed by atoms with van der Waals surface area (Å²) < 4.78 is 2.10. The van der Waals surface area contributed by atoms with Crippen LogP contribution in [-0.4, -0.2) is 28.6 Å². The average molecular weight is 281 g/mol. The maximum absolute atomic E-state index is 4.43. The van der Waals surface area contributed by atoms with Gasteiger partial charge in [0.05, 0.1) is 18.4 Å². The summed E-state index contributed by atoms with van der Waals surface area (Å²) in [5.74, 6) is 0.953. The number of aromatic nitrogens is 3. The predicted octanol–water partition coefficient (Wildman–Crippen LogP) is 2.65. The van der Waals surface area contributed by atoms with Gasteiger partial charge in [-0.3, -0.25) is 4.98 Å². The van der Waals surface area contributed by atoms with Gasteiger partial charge in [0.15, 0.2) is 0 Å². The number of pyridine rings is 1. The van der Waals surface area contributed by atoms with Crippen molar-refractivity contribution in [1.82, 2.24) is 14.5 Å². The molecular weight excluding hydrogens is 262 g/mol. The molecule has 3 rings (SSSR count). The van der Waals surface area contributed by atoms with Gasteiger partial charge in [-0.05, 0) is 12.1 Å². The Hall–Kier alpha value is -2.56. The summed E-state index contributed by atoms with van der Waals surface area (Å²) in [5.41, 5.74) is 2.26. The smallest absolute Gasteiger partial charge is 0.204 e. The molecule has 0 fully saturated rings. The molecule has 0 amide bonds. The van der Waals surface area contributed by atoms with Gasteiger partial charge < -0.3 is 14.8 Å². The number of hydrogen-bond acceptors (Lipinski definition) is 4. The molecule has 5 nitrogen and oxygen atoms in total. The first-order valence-corrected chi connectivity index (χ1v) is 6.91. The zero-order valence-corrected chi connectivity index (χ0v) is 12.5. The minimum Gasteiger partial charge on any atom is -0.379 e. The lowest BCUT2D eigenvalue weighted by atomic mass is 10.1. The van der Waals surface area contributed by atoms with E-state index in [1.807, 2.05) is 56.8 Å². The Morgan fingerprint density at radius 1 is 1.19 bits per heavy atom. The van der Waals surface area contributed by atoms with Crippen LogP contribution < -0.4 is 10.2 Å². The first-order chi connectivity index (χ1) is 10.2. The van der Waals surface area contributed by atoms with Crippen molar-refractivity contribution in [1.29, 1.82) is 0 Å². The quantitative estimate of drug-likeness (QED) is 0.798. The summed E-state index contributed by atoms with van der Waals surface area (Å²) in [6.07, 6.45) is 5.62. The first-order valence-electron chi connectivity index (χ1n) is 6.91. The van der Waals surface area contributed by atoms with Crippen molar-refractivity contribution in [2.45, 2.75) is 6.54 Å². The Kier molecular flexibility index (Phi) is 3.48. The van der Waals surface area contributed by atoms with Crippen LogP contribution in [0.5, 0.6) is 0 Å². The van der Waals surface area contributed by atoms with E-state index >= 15 is 0 Å². The third kappa shape index (κ3) is 2.54. The molecule has 0 spiro atoms. The monoisotopic (exact) mass is 281 g/mol. The van der Waals surface area contributed by atoms with Crippen molar-refractivity contribution >= 4 is 22.4 Å². The molecule has 0 bridgehead atoms. The van der Waals surface area contributed by atoms with E-state index in [-0.39, 0.29) is 0 Å². The number of rotatable bonds is 4. The van der Waals surface area contributed by atoms with Crippen LogP contribution in [0.25, 0.3) is 10.8 Å². The zero-order valence-electron chi connectivity index (χ0n) is 12.5. The Labute approximate surface area is 124 Å². The Balaban J connectivity index is 1.84. The molecule has 0 radical (unpaired) electrons. The number of nitrogens with one attached hydrogen (secondary N) is 1. The highest BCUT2D eigenvalue weighted by atomic mass is 15.3. The third-order valence-corrected chi connectivity index (χ3v) is 3.60. The second kappa shape index (κ2) is 5.44. The normalized spacial score (nSPS) is 10.8. The van der Waals surface area contributed by atoms with E-state index in [2.05, 4.69) is 32.0 Å². The van der Waals surface area contributed by atoms with Crippen LogP contribution in [0.3, 0.4) is 0 Å². The molecule has 0 aliphatic heterocycles. The summed E-state index contributed by atoms with van der Waals surface area (Å²) in [6, 6.07) is 8.24.